The zero-order valence-corrected chi connectivity index (χ0v) is 10.8. The van der Waals surface area contributed by atoms with Gasteiger partial charge in [0.05, 0.1) is 0 Å². The summed E-state index contributed by atoms with van der Waals surface area (Å²) in [5.41, 5.74) is 1.05. The Balaban J connectivity index is 0. The standard InChI is InChI=1S/C11H16F2O.C2H6/c1-5-10(6-2)8-7-9(3)14-11(4,12)13;1-2/h5,7-8H,3,6H2,1-2,4H3;1-2H3/b8-7-,10-5-;. The van der Waals surface area contributed by atoms with E-state index in [0.717, 1.165) is 12.0 Å². The lowest BCUT2D eigenvalue weighted by molar-refractivity contribution is -0.194. The maximum Gasteiger partial charge on any atom is 0.394 e. The molecule has 0 saturated carbocycles. The molecule has 0 rings (SSSR count). The highest BCUT2D eigenvalue weighted by Gasteiger charge is 2.22. The summed E-state index contributed by atoms with van der Waals surface area (Å²) in [6.07, 6.45) is 2.75. The first kappa shape index (κ1) is 17.3. The van der Waals surface area contributed by atoms with Crippen LogP contribution in [0.4, 0.5) is 8.78 Å². The van der Waals surface area contributed by atoms with Crippen molar-refractivity contribution in [1.82, 2.24) is 0 Å². The summed E-state index contributed by atoms with van der Waals surface area (Å²) in [5, 5.41) is 0. The molecule has 0 amide bonds. The minimum atomic E-state index is -3.16. The molecule has 0 heterocycles. The normalized spacial score (nSPS) is 12.1. The van der Waals surface area contributed by atoms with Crippen LogP contribution >= 0.6 is 0 Å². The van der Waals surface area contributed by atoms with Gasteiger partial charge in [-0.3, -0.25) is 0 Å². The van der Waals surface area contributed by atoms with E-state index in [1.165, 1.54) is 6.08 Å². The molecule has 0 N–H and O–H groups in total. The Bertz CT molecular complexity index is 247. The van der Waals surface area contributed by atoms with E-state index in [2.05, 4.69) is 11.3 Å². The van der Waals surface area contributed by atoms with E-state index in [1.54, 1.807) is 6.08 Å². The van der Waals surface area contributed by atoms with E-state index in [9.17, 15) is 8.78 Å². The molecule has 0 radical (unpaired) electrons. The molecule has 94 valence electrons. The SMILES string of the molecule is C=C(/C=C\C(=C/C)CC)OC(C)(F)F.CC. The molecule has 3 heteroatoms. The second kappa shape index (κ2) is 9.13. The van der Waals surface area contributed by atoms with Crippen LogP contribution in [-0.4, -0.2) is 6.11 Å². The number of hydrogen-bond acceptors (Lipinski definition) is 1. The van der Waals surface area contributed by atoms with Crippen molar-refractivity contribution in [2.75, 3.05) is 0 Å². The molecule has 0 spiro atoms. The van der Waals surface area contributed by atoms with Crippen molar-refractivity contribution in [3.8, 4) is 0 Å². The lowest BCUT2D eigenvalue weighted by Gasteiger charge is -2.12. The van der Waals surface area contributed by atoms with Gasteiger partial charge in [-0.05, 0) is 19.4 Å². The number of halogens is 2. The number of allylic oxidation sites excluding steroid dienone is 4. The minimum Gasteiger partial charge on any atom is -0.433 e. The predicted octanol–water partition coefficient (Wildman–Crippen LogP) is 5.07. The second-order valence-electron chi connectivity index (χ2n) is 2.93. The molecule has 0 aliphatic carbocycles. The smallest absolute Gasteiger partial charge is 0.394 e. The molecular weight excluding hydrogens is 210 g/mol. The number of ether oxygens (including phenoxy) is 1. The molecule has 0 aromatic carbocycles. The van der Waals surface area contributed by atoms with Crippen LogP contribution in [0.1, 0.15) is 41.0 Å². The summed E-state index contributed by atoms with van der Waals surface area (Å²) >= 11 is 0. The third-order valence-corrected chi connectivity index (χ3v) is 1.57. The first-order chi connectivity index (χ1) is 7.39. The fraction of sp³-hybridized carbons (Fsp3) is 0.538. The highest BCUT2D eigenvalue weighted by Crippen LogP contribution is 2.18. The molecule has 0 bridgehead atoms. The van der Waals surface area contributed by atoms with Crippen LogP contribution in [0, 0.1) is 0 Å². The number of hydrogen-bond donors (Lipinski definition) is 0. The Morgan fingerprint density at radius 2 is 1.81 bits per heavy atom. The van der Waals surface area contributed by atoms with Gasteiger partial charge >= 0.3 is 6.11 Å². The maximum absolute atomic E-state index is 12.3. The van der Waals surface area contributed by atoms with Crippen LogP contribution in [0.3, 0.4) is 0 Å². The molecule has 0 atom stereocenters. The van der Waals surface area contributed by atoms with Crippen LogP contribution in [0.25, 0.3) is 0 Å². The average Bonchev–Trinajstić information content (AvgIpc) is 2.20. The topological polar surface area (TPSA) is 9.23 Å². The van der Waals surface area contributed by atoms with Gasteiger partial charge < -0.3 is 4.74 Å². The lowest BCUT2D eigenvalue weighted by Crippen LogP contribution is -2.13. The first-order valence-corrected chi connectivity index (χ1v) is 5.48. The zero-order valence-electron chi connectivity index (χ0n) is 10.8. The predicted molar refractivity (Wildman–Crippen MR) is 65.4 cm³/mol. The number of rotatable bonds is 5. The van der Waals surface area contributed by atoms with Gasteiger partial charge in [0, 0.05) is 6.92 Å². The van der Waals surface area contributed by atoms with Crippen molar-refractivity contribution in [3.05, 3.63) is 36.1 Å². The van der Waals surface area contributed by atoms with Gasteiger partial charge in [-0.25, -0.2) is 0 Å². The molecular formula is C13H22F2O. The van der Waals surface area contributed by atoms with Crippen molar-refractivity contribution in [1.29, 1.82) is 0 Å². The summed E-state index contributed by atoms with van der Waals surface area (Å²) < 4.78 is 28.9. The Morgan fingerprint density at radius 3 is 2.12 bits per heavy atom. The Morgan fingerprint density at radius 1 is 1.31 bits per heavy atom. The van der Waals surface area contributed by atoms with Crippen molar-refractivity contribution >= 4 is 0 Å². The maximum atomic E-state index is 12.3. The molecule has 0 aromatic rings. The zero-order chi connectivity index (χ0) is 13.2. The molecule has 0 fully saturated rings. The van der Waals surface area contributed by atoms with Crippen LogP contribution in [0.15, 0.2) is 36.1 Å². The monoisotopic (exact) mass is 232 g/mol. The van der Waals surface area contributed by atoms with E-state index >= 15 is 0 Å². The van der Waals surface area contributed by atoms with Gasteiger partial charge in [0.1, 0.15) is 5.76 Å². The first-order valence-electron chi connectivity index (χ1n) is 5.48. The van der Waals surface area contributed by atoms with E-state index in [1.807, 2.05) is 33.8 Å². The van der Waals surface area contributed by atoms with Gasteiger partial charge in [-0.2, -0.15) is 8.78 Å². The van der Waals surface area contributed by atoms with E-state index in [0.29, 0.717) is 6.92 Å². The van der Waals surface area contributed by atoms with Gasteiger partial charge in [0.2, 0.25) is 0 Å². The van der Waals surface area contributed by atoms with E-state index in [-0.39, 0.29) is 5.76 Å². The van der Waals surface area contributed by atoms with Gasteiger partial charge in [-0.15, -0.1) is 0 Å². The van der Waals surface area contributed by atoms with Gasteiger partial charge in [0.25, 0.3) is 0 Å². The van der Waals surface area contributed by atoms with Crippen LogP contribution in [-0.2, 0) is 4.74 Å². The third-order valence-electron chi connectivity index (χ3n) is 1.57. The summed E-state index contributed by atoms with van der Waals surface area (Å²) in [7, 11) is 0. The van der Waals surface area contributed by atoms with Crippen molar-refractivity contribution in [3.63, 3.8) is 0 Å². The summed E-state index contributed by atoms with van der Waals surface area (Å²) in [6.45, 7) is 11.9. The average molecular weight is 232 g/mol. The third kappa shape index (κ3) is 11.0. The summed E-state index contributed by atoms with van der Waals surface area (Å²) in [6, 6.07) is 0. The van der Waals surface area contributed by atoms with Crippen molar-refractivity contribution < 1.29 is 13.5 Å². The summed E-state index contributed by atoms with van der Waals surface area (Å²) in [4.78, 5) is 0. The molecule has 1 nitrogen and oxygen atoms in total. The molecule has 0 unspecified atom stereocenters. The quantitative estimate of drug-likeness (QED) is 0.475. The highest BCUT2D eigenvalue weighted by molar-refractivity contribution is 5.23. The highest BCUT2D eigenvalue weighted by atomic mass is 19.3. The Kier molecular flexibility index (Phi) is 9.86. The van der Waals surface area contributed by atoms with Crippen LogP contribution in [0.2, 0.25) is 0 Å². The molecule has 0 aliphatic rings. The molecule has 0 aromatic heterocycles. The second-order valence-corrected chi connectivity index (χ2v) is 2.93. The fourth-order valence-electron chi connectivity index (χ4n) is 0.882. The molecule has 0 aliphatic heterocycles. The van der Waals surface area contributed by atoms with E-state index in [4.69, 9.17) is 0 Å². The number of alkyl halides is 2. The van der Waals surface area contributed by atoms with E-state index < -0.39 is 6.11 Å². The van der Waals surface area contributed by atoms with Crippen molar-refractivity contribution in [2.45, 2.75) is 47.1 Å². The van der Waals surface area contributed by atoms with Crippen LogP contribution < -0.4 is 0 Å². The van der Waals surface area contributed by atoms with Gasteiger partial charge in [0.15, 0.2) is 0 Å². The largest absolute Gasteiger partial charge is 0.433 e. The summed E-state index contributed by atoms with van der Waals surface area (Å²) in [5.74, 6) is -0.0368. The van der Waals surface area contributed by atoms with Crippen molar-refractivity contribution in [2.24, 2.45) is 0 Å². The lowest BCUT2D eigenvalue weighted by atomic mass is 10.2. The fourth-order valence-corrected chi connectivity index (χ4v) is 0.882. The molecule has 16 heavy (non-hydrogen) atoms. The Labute approximate surface area is 97.5 Å². The Hall–Kier alpha value is -1.12. The molecule has 0 saturated heterocycles. The minimum absolute atomic E-state index is 0.0368. The van der Waals surface area contributed by atoms with Gasteiger partial charge in [-0.1, -0.05) is 45.1 Å². The van der Waals surface area contributed by atoms with Crippen LogP contribution in [0.5, 0.6) is 0 Å².